The first-order chi connectivity index (χ1) is 12.4. The van der Waals surface area contributed by atoms with Crippen LogP contribution in [0.3, 0.4) is 0 Å². The number of anilines is 1. The van der Waals surface area contributed by atoms with E-state index < -0.39 is 17.8 Å². The maximum atomic E-state index is 13.2. The average Bonchev–Trinajstić information content (AvgIpc) is 2.62. The number of ether oxygens (including phenoxy) is 1. The second-order valence-corrected chi connectivity index (χ2v) is 5.37. The van der Waals surface area contributed by atoms with Crippen molar-refractivity contribution in [1.29, 1.82) is 0 Å². The molecule has 0 saturated heterocycles. The van der Waals surface area contributed by atoms with Gasteiger partial charge in [-0.1, -0.05) is 24.3 Å². The second-order valence-electron chi connectivity index (χ2n) is 5.37. The molecular formula is C19H13F3N2O2. The molecule has 0 radical (unpaired) electrons. The number of carbonyl (C=O) groups excluding carboxylic acids is 1. The Labute approximate surface area is 147 Å². The Morgan fingerprint density at radius 2 is 1.73 bits per heavy atom. The van der Waals surface area contributed by atoms with Crippen molar-refractivity contribution >= 4 is 11.8 Å². The topological polar surface area (TPSA) is 51.2 Å². The Bertz CT molecular complexity index is 898. The fourth-order valence-corrected chi connectivity index (χ4v) is 2.30. The van der Waals surface area contributed by atoms with Crippen LogP contribution in [0.15, 0.2) is 73.1 Å². The lowest BCUT2D eigenvalue weighted by atomic mass is 10.0. The number of halogens is 3. The molecule has 0 fully saturated rings. The van der Waals surface area contributed by atoms with E-state index in [9.17, 15) is 18.0 Å². The number of hydrogen-bond donors (Lipinski definition) is 1. The molecule has 132 valence electrons. The summed E-state index contributed by atoms with van der Waals surface area (Å²) < 4.78 is 44.6. The zero-order valence-corrected chi connectivity index (χ0v) is 13.3. The highest BCUT2D eigenvalue weighted by atomic mass is 19.4. The fraction of sp³-hybridized carbons (Fsp3) is 0.0526. The van der Waals surface area contributed by atoms with Crippen LogP contribution >= 0.6 is 0 Å². The lowest BCUT2D eigenvalue weighted by molar-refractivity contribution is -0.137. The molecule has 2 aromatic carbocycles. The summed E-state index contributed by atoms with van der Waals surface area (Å²) in [5, 5.41) is 2.33. The van der Waals surface area contributed by atoms with Crippen molar-refractivity contribution in [1.82, 2.24) is 4.98 Å². The smallest absolute Gasteiger partial charge is 0.410 e. The summed E-state index contributed by atoms with van der Waals surface area (Å²) in [6.07, 6.45) is -2.47. The first-order valence-corrected chi connectivity index (χ1v) is 7.58. The van der Waals surface area contributed by atoms with E-state index in [1.807, 2.05) is 0 Å². The van der Waals surface area contributed by atoms with Gasteiger partial charge in [-0.25, -0.2) is 4.79 Å². The van der Waals surface area contributed by atoms with E-state index in [2.05, 4.69) is 10.3 Å². The Balaban J connectivity index is 1.89. The van der Waals surface area contributed by atoms with Gasteiger partial charge < -0.3 is 4.74 Å². The number of hydrogen-bond acceptors (Lipinski definition) is 3. The van der Waals surface area contributed by atoms with E-state index in [-0.39, 0.29) is 17.0 Å². The quantitative estimate of drug-likeness (QED) is 0.684. The highest BCUT2D eigenvalue weighted by Crippen LogP contribution is 2.34. The SMILES string of the molecule is O=C(Nc1cc(-c2cccnc2)cc(C(F)(F)F)c1)Oc1ccccc1. The molecule has 4 nitrogen and oxygen atoms in total. The number of alkyl halides is 3. The molecule has 0 unspecified atom stereocenters. The van der Waals surface area contributed by atoms with Crippen molar-refractivity contribution < 1.29 is 22.7 Å². The molecular weight excluding hydrogens is 345 g/mol. The summed E-state index contributed by atoms with van der Waals surface area (Å²) in [7, 11) is 0. The minimum atomic E-state index is -4.56. The van der Waals surface area contributed by atoms with Crippen LogP contribution in [0.2, 0.25) is 0 Å². The number of nitrogens with one attached hydrogen (secondary N) is 1. The maximum absolute atomic E-state index is 13.2. The third kappa shape index (κ3) is 4.38. The predicted octanol–water partition coefficient (Wildman–Crippen LogP) is 5.38. The lowest BCUT2D eigenvalue weighted by Gasteiger charge is -2.13. The van der Waals surface area contributed by atoms with E-state index in [0.717, 1.165) is 12.1 Å². The normalized spacial score (nSPS) is 11.0. The van der Waals surface area contributed by atoms with Crippen molar-refractivity contribution in [3.63, 3.8) is 0 Å². The number of pyridine rings is 1. The number of aromatic nitrogens is 1. The monoisotopic (exact) mass is 358 g/mol. The zero-order valence-electron chi connectivity index (χ0n) is 13.3. The lowest BCUT2D eigenvalue weighted by Crippen LogP contribution is -2.17. The predicted molar refractivity (Wildman–Crippen MR) is 90.8 cm³/mol. The minimum absolute atomic E-state index is 0.0281. The molecule has 7 heteroatoms. The molecule has 0 bridgehead atoms. The molecule has 3 rings (SSSR count). The molecule has 0 aliphatic heterocycles. The molecule has 1 aromatic heterocycles. The van der Waals surface area contributed by atoms with Gasteiger partial charge in [0.2, 0.25) is 0 Å². The van der Waals surface area contributed by atoms with Crippen LogP contribution in [0.25, 0.3) is 11.1 Å². The molecule has 1 heterocycles. The average molecular weight is 358 g/mol. The number of para-hydroxylation sites is 1. The molecule has 1 amide bonds. The van der Waals surface area contributed by atoms with Crippen LogP contribution in [0.5, 0.6) is 5.75 Å². The Morgan fingerprint density at radius 1 is 0.962 bits per heavy atom. The van der Waals surface area contributed by atoms with E-state index in [4.69, 9.17) is 4.74 Å². The standard InChI is InChI=1S/C19H13F3N2O2/c20-19(21,22)15-9-14(13-5-4-8-23-12-13)10-16(11-15)24-18(25)26-17-6-2-1-3-7-17/h1-12H,(H,24,25). The van der Waals surface area contributed by atoms with E-state index in [1.165, 1.54) is 18.5 Å². The summed E-state index contributed by atoms with van der Waals surface area (Å²) >= 11 is 0. The number of amides is 1. The Hall–Kier alpha value is -3.35. The van der Waals surface area contributed by atoms with Gasteiger partial charge >= 0.3 is 12.3 Å². The van der Waals surface area contributed by atoms with Crippen LogP contribution < -0.4 is 10.1 Å². The van der Waals surface area contributed by atoms with E-state index in [0.29, 0.717) is 5.56 Å². The zero-order chi connectivity index (χ0) is 18.6. The molecule has 26 heavy (non-hydrogen) atoms. The van der Waals surface area contributed by atoms with Gasteiger partial charge in [0.25, 0.3) is 0 Å². The molecule has 0 aliphatic carbocycles. The van der Waals surface area contributed by atoms with Crippen molar-refractivity contribution in [3.05, 3.63) is 78.6 Å². The van der Waals surface area contributed by atoms with Crippen molar-refractivity contribution in [3.8, 4) is 16.9 Å². The van der Waals surface area contributed by atoms with Crippen LogP contribution in [0.1, 0.15) is 5.56 Å². The largest absolute Gasteiger partial charge is 0.417 e. The van der Waals surface area contributed by atoms with Crippen LogP contribution in [-0.2, 0) is 6.18 Å². The van der Waals surface area contributed by atoms with E-state index in [1.54, 1.807) is 42.5 Å². The van der Waals surface area contributed by atoms with Gasteiger partial charge in [0.15, 0.2) is 0 Å². The number of nitrogens with zero attached hydrogens (tertiary/aromatic N) is 1. The van der Waals surface area contributed by atoms with Gasteiger partial charge in [-0.15, -0.1) is 0 Å². The number of benzene rings is 2. The van der Waals surface area contributed by atoms with Crippen molar-refractivity contribution in [2.24, 2.45) is 0 Å². The van der Waals surface area contributed by atoms with Gasteiger partial charge in [0.1, 0.15) is 5.75 Å². The van der Waals surface area contributed by atoms with Gasteiger partial charge in [-0.3, -0.25) is 10.3 Å². The van der Waals surface area contributed by atoms with Crippen molar-refractivity contribution in [2.75, 3.05) is 5.32 Å². The van der Waals surface area contributed by atoms with Crippen LogP contribution in [0, 0.1) is 0 Å². The van der Waals surface area contributed by atoms with E-state index >= 15 is 0 Å². The number of rotatable bonds is 3. The molecule has 0 spiro atoms. The first kappa shape index (κ1) is 17.5. The summed E-state index contributed by atoms with van der Waals surface area (Å²) in [5.74, 6) is 0.282. The third-order valence-corrected chi connectivity index (χ3v) is 3.46. The summed E-state index contributed by atoms with van der Waals surface area (Å²) in [6, 6.07) is 14.8. The van der Waals surface area contributed by atoms with Crippen LogP contribution in [-0.4, -0.2) is 11.1 Å². The molecule has 0 saturated carbocycles. The van der Waals surface area contributed by atoms with Gasteiger partial charge in [0, 0.05) is 23.6 Å². The maximum Gasteiger partial charge on any atom is 0.417 e. The van der Waals surface area contributed by atoms with Gasteiger partial charge in [-0.2, -0.15) is 13.2 Å². The summed E-state index contributed by atoms with van der Waals surface area (Å²) in [6.45, 7) is 0. The highest BCUT2D eigenvalue weighted by molar-refractivity contribution is 5.87. The number of carbonyl (C=O) groups is 1. The molecule has 1 N–H and O–H groups in total. The van der Waals surface area contributed by atoms with Gasteiger partial charge in [-0.05, 0) is 42.0 Å². The van der Waals surface area contributed by atoms with Crippen molar-refractivity contribution in [2.45, 2.75) is 6.18 Å². The Morgan fingerprint density at radius 3 is 2.38 bits per heavy atom. The Kier molecular flexibility index (Phi) is 4.88. The van der Waals surface area contributed by atoms with Crippen LogP contribution in [0.4, 0.5) is 23.7 Å². The molecule has 3 aromatic rings. The molecule has 0 atom stereocenters. The third-order valence-electron chi connectivity index (χ3n) is 3.46. The van der Waals surface area contributed by atoms with Gasteiger partial charge in [0.05, 0.1) is 5.56 Å². The summed E-state index contributed by atoms with van der Waals surface area (Å²) in [5.41, 5.74) is -0.130. The molecule has 0 aliphatic rings. The summed E-state index contributed by atoms with van der Waals surface area (Å²) in [4.78, 5) is 15.9. The second kappa shape index (κ2) is 7.26. The fourth-order valence-electron chi connectivity index (χ4n) is 2.30. The highest BCUT2D eigenvalue weighted by Gasteiger charge is 2.31. The minimum Gasteiger partial charge on any atom is -0.410 e. The first-order valence-electron chi connectivity index (χ1n) is 7.58.